The van der Waals surface area contributed by atoms with Gasteiger partial charge in [0.2, 0.25) is 0 Å². The zero-order chi connectivity index (χ0) is 14.4. The Labute approximate surface area is 119 Å². The van der Waals surface area contributed by atoms with Crippen LogP contribution in [0.15, 0.2) is 42.6 Å². The summed E-state index contributed by atoms with van der Waals surface area (Å²) < 4.78 is 14.3. The molecule has 0 aliphatic rings. The molecule has 0 amide bonds. The second-order valence-corrected chi connectivity index (χ2v) is 4.80. The highest BCUT2D eigenvalue weighted by Crippen LogP contribution is 2.18. The van der Waals surface area contributed by atoms with Crippen LogP contribution in [0.5, 0.6) is 0 Å². The molecule has 0 bridgehead atoms. The Morgan fingerprint density at radius 1 is 1.20 bits per heavy atom. The highest BCUT2D eigenvalue weighted by molar-refractivity contribution is 5.42. The molecule has 1 heterocycles. The Kier molecular flexibility index (Phi) is 5.07. The number of rotatable bonds is 6. The largest absolute Gasteiger partial charge is 0.357 e. The number of benzene rings is 1. The number of pyridine rings is 1. The number of nitrogens with one attached hydrogen (secondary N) is 1. The van der Waals surface area contributed by atoms with Crippen molar-refractivity contribution in [3.8, 4) is 0 Å². The van der Waals surface area contributed by atoms with Gasteiger partial charge in [-0.05, 0) is 25.1 Å². The molecule has 4 heteroatoms. The maximum Gasteiger partial charge on any atom is 0.170 e. The summed E-state index contributed by atoms with van der Waals surface area (Å²) in [6.07, 6.45) is 2.53. The van der Waals surface area contributed by atoms with E-state index in [1.165, 1.54) is 5.56 Å². The summed E-state index contributed by atoms with van der Waals surface area (Å²) in [5.41, 5.74) is 1.88. The predicted molar refractivity (Wildman–Crippen MR) is 80.4 cm³/mol. The first-order valence-corrected chi connectivity index (χ1v) is 6.75. The minimum Gasteiger partial charge on any atom is -0.357 e. The summed E-state index contributed by atoms with van der Waals surface area (Å²) in [5.74, 6) is 0.172. The number of hydrogen-bond acceptors (Lipinski definition) is 3. The van der Waals surface area contributed by atoms with Crippen molar-refractivity contribution >= 4 is 5.82 Å². The van der Waals surface area contributed by atoms with E-state index in [1.807, 2.05) is 30.1 Å². The molecular weight excluding hydrogens is 253 g/mol. The number of likely N-dealkylation sites (N-methyl/N-ethyl adjacent to an activating group) is 1. The van der Waals surface area contributed by atoms with Gasteiger partial charge in [-0.15, -0.1) is 0 Å². The van der Waals surface area contributed by atoms with Gasteiger partial charge in [-0.2, -0.15) is 0 Å². The van der Waals surface area contributed by atoms with E-state index < -0.39 is 0 Å². The van der Waals surface area contributed by atoms with Crippen LogP contribution >= 0.6 is 0 Å². The van der Waals surface area contributed by atoms with Gasteiger partial charge in [-0.1, -0.05) is 30.3 Å². The summed E-state index contributed by atoms with van der Waals surface area (Å²) in [6.45, 7) is 1.24. The van der Waals surface area contributed by atoms with E-state index in [9.17, 15) is 4.39 Å². The van der Waals surface area contributed by atoms with Gasteiger partial charge in [-0.3, -0.25) is 0 Å². The van der Waals surface area contributed by atoms with Crippen LogP contribution in [0, 0.1) is 5.82 Å². The Morgan fingerprint density at radius 3 is 2.65 bits per heavy atom. The van der Waals surface area contributed by atoms with Crippen LogP contribution in [0.3, 0.4) is 0 Å². The molecule has 2 aromatic rings. The third kappa shape index (κ3) is 3.54. The standard InChI is InChI=1S/C16H20FN3/c1-18-12-14-8-10-19-16(15(14)17)20(2)11-9-13-6-4-3-5-7-13/h3-8,10,18H,9,11-12H2,1-2H3. The number of aromatic nitrogens is 1. The quantitative estimate of drug-likeness (QED) is 0.877. The van der Waals surface area contributed by atoms with Gasteiger partial charge in [-0.25, -0.2) is 9.37 Å². The van der Waals surface area contributed by atoms with Crippen molar-refractivity contribution in [3.63, 3.8) is 0 Å². The number of anilines is 1. The average Bonchev–Trinajstić information content (AvgIpc) is 2.48. The van der Waals surface area contributed by atoms with E-state index in [-0.39, 0.29) is 5.82 Å². The average molecular weight is 273 g/mol. The summed E-state index contributed by atoms with van der Waals surface area (Å²) in [5, 5.41) is 2.96. The van der Waals surface area contributed by atoms with Gasteiger partial charge in [0, 0.05) is 31.9 Å². The molecule has 1 aromatic carbocycles. The van der Waals surface area contributed by atoms with Gasteiger partial charge in [0.1, 0.15) is 0 Å². The minimum atomic E-state index is -0.239. The lowest BCUT2D eigenvalue weighted by atomic mass is 10.1. The smallest absolute Gasteiger partial charge is 0.170 e. The molecular formula is C16H20FN3. The van der Waals surface area contributed by atoms with Crippen molar-refractivity contribution in [2.24, 2.45) is 0 Å². The van der Waals surface area contributed by atoms with Crippen LogP contribution in [0.25, 0.3) is 0 Å². The van der Waals surface area contributed by atoms with Gasteiger partial charge in [0.25, 0.3) is 0 Å². The fourth-order valence-electron chi connectivity index (χ4n) is 2.11. The highest BCUT2D eigenvalue weighted by Gasteiger charge is 2.12. The van der Waals surface area contributed by atoms with Crippen molar-refractivity contribution in [2.75, 3.05) is 25.5 Å². The first-order chi connectivity index (χ1) is 9.72. The molecule has 1 aromatic heterocycles. The summed E-state index contributed by atoms with van der Waals surface area (Å²) >= 11 is 0. The maximum absolute atomic E-state index is 14.3. The number of hydrogen-bond donors (Lipinski definition) is 1. The fraction of sp³-hybridized carbons (Fsp3) is 0.312. The van der Waals surface area contributed by atoms with Crippen molar-refractivity contribution in [2.45, 2.75) is 13.0 Å². The van der Waals surface area contributed by atoms with Crippen LogP contribution in [-0.2, 0) is 13.0 Å². The van der Waals surface area contributed by atoms with Crippen LogP contribution < -0.4 is 10.2 Å². The summed E-state index contributed by atoms with van der Waals surface area (Å²) in [7, 11) is 3.68. The molecule has 20 heavy (non-hydrogen) atoms. The van der Waals surface area contributed by atoms with Crippen LogP contribution in [-0.4, -0.2) is 25.6 Å². The van der Waals surface area contributed by atoms with Gasteiger partial charge in [0.15, 0.2) is 11.6 Å². The minimum absolute atomic E-state index is 0.239. The monoisotopic (exact) mass is 273 g/mol. The maximum atomic E-state index is 14.3. The molecule has 3 nitrogen and oxygen atoms in total. The Morgan fingerprint density at radius 2 is 1.95 bits per heavy atom. The lowest BCUT2D eigenvalue weighted by molar-refractivity contribution is 0.589. The van der Waals surface area contributed by atoms with Crippen molar-refractivity contribution in [1.82, 2.24) is 10.3 Å². The van der Waals surface area contributed by atoms with E-state index in [2.05, 4.69) is 22.4 Å². The van der Waals surface area contributed by atoms with Gasteiger partial charge >= 0.3 is 0 Å². The van der Waals surface area contributed by atoms with E-state index in [4.69, 9.17) is 0 Å². The van der Waals surface area contributed by atoms with E-state index in [0.717, 1.165) is 13.0 Å². The molecule has 106 valence electrons. The lowest BCUT2D eigenvalue weighted by Gasteiger charge is -2.19. The van der Waals surface area contributed by atoms with Crippen LogP contribution in [0.4, 0.5) is 10.2 Å². The van der Waals surface area contributed by atoms with Crippen molar-refractivity contribution in [1.29, 1.82) is 0 Å². The predicted octanol–water partition coefficient (Wildman–Crippen LogP) is 2.62. The molecule has 1 N–H and O–H groups in total. The Balaban J connectivity index is 2.05. The first-order valence-electron chi connectivity index (χ1n) is 6.75. The van der Waals surface area contributed by atoms with E-state index >= 15 is 0 Å². The van der Waals surface area contributed by atoms with Crippen LogP contribution in [0.2, 0.25) is 0 Å². The van der Waals surface area contributed by atoms with Crippen molar-refractivity contribution in [3.05, 3.63) is 59.5 Å². The van der Waals surface area contributed by atoms with Crippen LogP contribution in [0.1, 0.15) is 11.1 Å². The molecule has 0 fully saturated rings. The number of halogens is 1. The SMILES string of the molecule is CNCc1ccnc(N(C)CCc2ccccc2)c1F. The lowest BCUT2D eigenvalue weighted by Crippen LogP contribution is -2.23. The first kappa shape index (κ1) is 14.5. The Bertz CT molecular complexity index is 543. The topological polar surface area (TPSA) is 28.2 Å². The van der Waals surface area contributed by atoms with E-state index in [0.29, 0.717) is 17.9 Å². The summed E-state index contributed by atoms with van der Waals surface area (Å²) in [6, 6.07) is 11.9. The molecule has 2 rings (SSSR count). The Hall–Kier alpha value is -1.94. The van der Waals surface area contributed by atoms with Gasteiger partial charge in [0.05, 0.1) is 0 Å². The molecule has 0 spiro atoms. The number of nitrogens with zero attached hydrogens (tertiary/aromatic N) is 2. The molecule has 0 aliphatic carbocycles. The molecule has 0 unspecified atom stereocenters. The van der Waals surface area contributed by atoms with E-state index in [1.54, 1.807) is 19.3 Å². The highest BCUT2D eigenvalue weighted by atomic mass is 19.1. The molecule has 0 aliphatic heterocycles. The summed E-state index contributed by atoms with van der Waals surface area (Å²) in [4.78, 5) is 6.02. The third-order valence-corrected chi connectivity index (χ3v) is 3.26. The van der Waals surface area contributed by atoms with Crippen molar-refractivity contribution < 1.29 is 4.39 Å². The fourth-order valence-corrected chi connectivity index (χ4v) is 2.11. The third-order valence-electron chi connectivity index (χ3n) is 3.26. The normalized spacial score (nSPS) is 10.6. The second-order valence-electron chi connectivity index (χ2n) is 4.80. The molecule has 0 radical (unpaired) electrons. The van der Waals surface area contributed by atoms with Gasteiger partial charge < -0.3 is 10.2 Å². The zero-order valence-corrected chi connectivity index (χ0v) is 11.9. The molecule has 0 saturated carbocycles. The zero-order valence-electron chi connectivity index (χ0n) is 11.9. The molecule has 0 saturated heterocycles. The second kappa shape index (κ2) is 7.01. The molecule has 0 atom stereocenters.